The highest BCUT2D eigenvalue weighted by Gasteiger charge is 2.29. The van der Waals surface area contributed by atoms with Gasteiger partial charge in [-0.3, -0.25) is 13.9 Å². The summed E-state index contributed by atoms with van der Waals surface area (Å²) in [5, 5.41) is 4.74. The van der Waals surface area contributed by atoms with Crippen LogP contribution in [0.1, 0.15) is 17.5 Å². The number of likely N-dealkylation sites (N-methyl/N-ethyl adjacent to an activating group) is 1. The van der Waals surface area contributed by atoms with Crippen molar-refractivity contribution >= 4 is 33.2 Å². The van der Waals surface area contributed by atoms with E-state index in [1.807, 2.05) is 6.92 Å². The molecular weight excluding hydrogens is 366 g/mol. The largest absolute Gasteiger partial charge is 0.351 e. The molecule has 2 aromatic rings. The number of carbonyl (C=O) groups is 2. The smallest absolute Gasteiger partial charge is 0.313 e. The molecule has 7 nitrogen and oxygen atoms in total. The predicted molar refractivity (Wildman–Crippen MR) is 103 cm³/mol. The molecule has 27 heavy (non-hydrogen) atoms. The van der Waals surface area contributed by atoms with E-state index < -0.39 is 21.8 Å². The Labute approximate surface area is 158 Å². The Morgan fingerprint density at radius 1 is 1.04 bits per heavy atom. The third-order valence-electron chi connectivity index (χ3n) is 4.46. The molecule has 1 aliphatic rings. The first-order chi connectivity index (χ1) is 12.8. The zero-order valence-corrected chi connectivity index (χ0v) is 16.0. The van der Waals surface area contributed by atoms with Gasteiger partial charge in [0.1, 0.15) is 0 Å². The number of rotatable bonds is 3. The number of amides is 2. The number of carbonyl (C=O) groups excluding carboxylic acids is 2. The minimum atomic E-state index is -3.72. The van der Waals surface area contributed by atoms with Crippen LogP contribution in [-0.2, 0) is 26.0 Å². The molecule has 0 unspecified atom stereocenters. The van der Waals surface area contributed by atoms with Crippen molar-refractivity contribution in [2.45, 2.75) is 24.7 Å². The van der Waals surface area contributed by atoms with Crippen molar-refractivity contribution in [3.8, 4) is 0 Å². The number of sulfonamides is 1. The highest BCUT2D eigenvalue weighted by Crippen LogP contribution is 2.34. The summed E-state index contributed by atoms with van der Waals surface area (Å²) in [6.45, 7) is 2.25. The molecule has 8 heteroatoms. The molecule has 0 atom stereocenters. The van der Waals surface area contributed by atoms with Gasteiger partial charge in [-0.2, -0.15) is 0 Å². The summed E-state index contributed by atoms with van der Waals surface area (Å²) in [6.07, 6.45) is 1.46. The van der Waals surface area contributed by atoms with E-state index in [-0.39, 0.29) is 4.90 Å². The molecule has 2 aromatic carbocycles. The molecule has 0 aromatic heterocycles. The van der Waals surface area contributed by atoms with Crippen molar-refractivity contribution < 1.29 is 18.0 Å². The number of benzene rings is 2. The van der Waals surface area contributed by atoms with Crippen LogP contribution in [0.2, 0.25) is 0 Å². The van der Waals surface area contributed by atoms with E-state index in [1.165, 1.54) is 11.4 Å². The monoisotopic (exact) mass is 387 g/mol. The number of aryl methyl sites for hydroxylation is 2. The summed E-state index contributed by atoms with van der Waals surface area (Å²) in [6, 6.07) is 11.8. The number of fused-ring (bicyclic) bond motifs is 1. The lowest BCUT2D eigenvalue weighted by atomic mass is 10.0. The van der Waals surface area contributed by atoms with Gasteiger partial charge in [0.2, 0.25) is 0 Å². The predicted octanol–water partition coefficient (Wildman–Crippen LogP) is 1.82. The molecule has 1 heterocycles. The van der Waals surface area contributed by atoms with Gasteiger partial charge in [-0.1, -0.05) is 23.8 Å². The third kappa shape index (κ3) is 3.80. The van der Waals surface area contributed by atoms with Gasteiger partial charge >= 0.3 is 11.8 Å². The lowest BCUT2D eigenvalue weighted by Crippen LogP contribution is -2.36. The van der Waals surface area contributed by atoms with Gasteiger partial charge < -0.3 is 10.6 Å². The minimum Gasteiger partial charge on any atom is -0.351 e. The average molecular weight is 387 g/mol. The first-order valence-corrected chi connectivity index (χ1v) is 10.0. The van der Waals surface area contributed by atoms with E-state index in [9.17, 15) is 18.0 Å². The van der Waals surface area contributed by atoms with Crippen LogP contribution in [-0.4, -0.2) is 33.8 Å². The Kier molecular flexibility index (Phi) is 5.18. The van der Waals surface area contributed by atoms with Crippen LogP contribution in [0, 0.1) is 6.92 Å². The first kappa shape index (κ1) is 18.9. The summed E-state index contributed by atoms with van der Waals surface area (Å²) in [4.78, 5) is 23.4. The van der Waals surface area contributed by atoms with E-state index in [2.05, 4.69) is 10.6 Å². The van der Waals surface area contributed by atoms with Gasteiger partial charge in [0.05, 0.1) is 10.6 Å². The van der Waals surface area contributed by atoms with Crippen molar-refractivity contribution in [2.24, 2.45) is 0 Å². The quantitative estimate of drug-likeness (QED) is 0.786. The van der Waals surface area contributed by atoms with Crippen LogP contribution < -0.4 is 14.9 Å². The molecule has 0 spiro atoms. The molecule has 2 N–H and O–H groups in total. The van der Waals surface area contributed by atoms with Gasteiger partial charge in [-0.25, -0.2) is 8.42 Å². The van der Waals surface area contributed by atoms with Crippen LogP contribution >= 0.6 is 0 Å². The van der Waals surface area contributed by atoms with Crippen LogP contribution in [0.3, 0.4) is 0 Å². The summed E-state index contributed by atoms with van der Waals surface area (Å²) < 4.78 is 27.6. The van der Waals surface area contributed by atoms with Crippen LogP contribution in [0.25, 0.3) is 0 Å². The van der Waals surface area contributed by atoms with Crippen molar-refractivity contribution in [3.63, 3.8) is 0 Å². The standard InChI is InChI=1S/C19H21N3O4S/c1-13-5-9-16(10-6-13)27(25,26)22-11-3-4-14-7-8-15(12-17(14)22)21-19(24)18(23)20-2/h5-10,12H,3-4,11H2,1-2H3,(H,20,23)(H,21,24). The topological polar surface area (TPSA) is 95.6 Å². The normalized spacial score (nSPS) is 13.6. The number of hydrogen-bond acceptors (Lipinski definition) is 4. The van der Waals surface area contributed by atoms with E-state index in [0.717, 1.165) is 17.5 Å². The maximum atomic E-state index is 13.1. The summed E-state index contributed by atoms with van der Waals surface area (Å²) in [7, 11) is -2.35. The summed E-state index contributed by atoms with van der Waals surface area (Å²) in [5.41, 5.74) is 2.76. The molecule has 142 valence electrons. The number of hydrogen-bond donors (Lipinski definition) is 2. The van der Waals surface area contributed by atoms with Crippen molar-refractivity contribution in [2.75, 3.05) is 23.2 Å². The highest BCUT2D eigenvalue weighted by molar-refractivity contribution is 7.92. The molecule has 0 radical (unpaired) electrons. The Hall–Kier alpha value is -2.87. The molecule has 0 aliphatic carbocycles. The molecule has 2 amide bonds. The zero-order chi connectivity index (χ0) is 19.6. The lowest BCUT2D eigenvalue weighted by Gasteiger charge is -2.31. The molecule has 0 saturated heterocycles. The minimum absolute atomic E-state index is 0.223. The van der Waals surface area contributed by atoms with Crippen molar-refractivity contribution in [1.82, 2.24) is 5.32 Å². The Morgan fingerprint density at radius 3 is 2.41 bits per heavy atom. The Bertz CT molecular complexity index is 985. The van der Waals surface area contributed by atoms with Gasteiger partial charge in [0.25, 0.3) is 10.0 Å². The number of nitrogens with one attached hydrogen (secondary N) is 2. The fraction of sp³-hybridized carbons (Fsp3) is 0.263. The van der Waals surface area contributed by atoms with E-state index in [1.54, 1.807) is 42.5 Å². The van der Waals surface area contributed by atoms with Gasteiger partial charge in [-0.05, 0) is 49.6 Å². The number of anilines is 2. The summed E-state index contributed by atoms with van der Waals surface area (Å²) >= 11 is 0. The van der Waals surface area contributed by atoms with Gasteiger partial charge in [-0.15, -0.1) is 0 Å². The van der Waals surface area contributed by atoms with Crippen LogP contribution in [0.15, 0.2) is 47.4 Å². The van der Waals surface area contributed by atoms with E-state index in [0.29, 0.717) is 24.3 Å². The Morgan fingerprint density at radius 2 is 1.74 bits per heavy atom. The fourth-order valence-corrected chi connectivity index (χ4v) is 4.54. The third-order valence-corrected chi connectivity index (χ3v) is 6.29. The second kappa shape index (κ2) is 7.40. The second-order valence-electron chi connectivity index (χ2n) is 6.37. The lowest BCUT2D eigenvalue weighted by molar-refractivity contribution is -0.135. The zero-order valence-electron chi connectivity index (χ0n) is 15.2. The molecule has 1 aliphatic heterocycles. The van der Waals surface area contributed by atoms with E-state index in [4.69, 9.17) is 0 Å². The first-order valence-electron chi connectivity index (χ1n) is 8.58. The molecule has 0 saturated carbocycles. The van der Waals surface area contributed by atoms with E-state index >= 15 is 0 Å². The van der Waals surface area contributed by atoms with Crippen LogP contribution in [0.4, 0.5) is 11.4 Å². The molecule has 0 fully saturated rings. The summed E-state index contributed by atoms with van der Waals surface area (Å²) in [5.74, 6) is -1.57. The SMILES string of the molecule is CNC(=O)C(=O)Nc1ccc2c(c1)N(S(=O)(=O)c1ccc(C)cc1)CCC2. The maximum Gasteiger partial charge on any atom is 0.313 e. The highest BCUT2D eigenvalue weighted by atomic mass is 32.2. The van der Waals surface area contributed by atoms with Gasteiger partial charge in [0, 0.05) is 19.3 Å². The Balaban J connectivity index is 1.97. The fourth-order valence-electron chi connectivity index (χ4n) is 3.01. The molecule has 0 bridgehead atoms. The van der Waals surface area contributed by atoms with Gasteiger partial charge in [0.15, 0.2) is 0 Å². The van der Waals surface area contributed by atoms with Crippen molar-refractivity contribution in [3.05, 3.63) is 53.6 Å². The maximum absolute atomic E-state index is 13.1. The average Bonchev–Trinajstić information content (AvgIpc) is 2.67. The molecular formula is C19H21N3O4S. The molecule has 3 rings (SSSR count). The number of nitrogens with zero attached hydrogens (tertiary/aromatic N) is 1. The van der Waals surface area contributed by atoms with Crippen LogP contribution in [0.5, 0.6) is 0 Å². The van der Waals surface area contributed by atoms with Crippen molar-refractivity contribution in [1.29, 1.82) is 0 Å². The second-order valence-corrected chi connectivity index (χ2v) is 8.23.